The summed E-state index contributed by atoms with van der Waals surface area (Å²) in [6.45, 7) is 10.0. The number of aromatic nitrogens is 3. The minimum absolute atomic E-state index is 0.216. The summed E-state index contributed by atoms with van der Waals surface area (Å²) in [5, 5.41) is 14.9. The van der Waals surface area contributed by atoms with Gasteiger partial charge in [0.1, 0.15) is 36.5 Å². The normalized spacial score (nSPS) is 13.0. The van der Waals surface area contributed by atoms with E-state index in [0.29, 0.717) is 53.4 Å². The molecule has 0 spiro atoms. The maximum absolute atomic E-state index is 9.36. The van der Waals surface area contributed by atoms with Gasteiger partial charge in [0, 0.05) is 62.5 Å². The first kappa shape index (κ1) is 38.1. The van der Waals surface area contributed by atoms with Gasteiger partial charge in [-0.05, 0) is 99.3 Å². The molecule has 0 aliphatic carbocycles. The van der Waals surface area contributed by atoms with Crippen LogP contribution in [0.3, 0.4) is 0 Å². The first-order valence-corrected chi connectivity index (χ1v) is 18.8. The highest BCUT2D eigenvalue weighted by Crippen LogP contribution is 2.37. The Kier molecular flexibility index (Phi) is 12.9. The van der Waals surface area contributed by atoms with Crippen LogP contribution >= 0.6 is 23.2 Å². The van der Waals surface area contributed by atoms with Gasteiger partial charge in [-0.2, -0.15) is 10.4 Å². The van der Waals surface area contributed by atoms with Gasteiger partial charge in [0.05, 0.1) is 27.9 Å². The Morgan fingerprint density at radius 1 is 0.830 bits per heavy atom. The highest BCUT2D eigenvalue weighted by Gasteiger charge is 2.18. The van der Waals surface area contributed by atoms with E-state index in [0.717, 1.165) is 63.4 Å². The third-order valence-electron chi connectivity index (χ3n) is 9.63. The molecule has 5 aromatic rings. The second-order valence-electron chi connectivity index (χ2n) is 13.7. The van der Waals surface area contributed by atoms with Crippen molar-refractivity contribution in [3.8, 4) is 34.4 Å². The summed E-state index contributed by atoms with van der Waals surface area (Å²) in [7, 11) is 3.84. The molecule has 3 aromatic carbocycles. The molecule has 2 aromatic heterocycles. The van der Waals surface area contributed by atoms with Gasteiger partial charge in [0.15, 0.2) is 0 Å². The Bertz CT molecular complexity index is 2070. The van der Waals surface area contributed by atoms with Gasteiger partial charge in [-0.3, -0.25) is 14.6 Å². The molecule has 0 amide bonds. The van der Waals surface area contributed by atoms with Crippen LogP contribution in [-0.2, 0) is 33.4 Å². The summed E-state index contributed by atoms with van der Waals surface area (Å²) in [5.41, 5.74) is 8.49. The van der Waals surface area contributed by atoms with Crippen LogP contribution in [0.2, 0.25) is 10.0 Å². The Hall–Kier alpha value is -4.59. The van der Waals surface area contributed by atoms with E-state index in [9.17, 15) is 5.26 Å². The van der Waals surface area contributed by atoms with Crippen LogP contribution in [0.25, 0.3) is 11.1 Å². The maximum atomic E-state index is 9.36. The minimum Gasteiger partial charge on any atom is -0.493 e. The van der Waals surface area contributed by atoms with Crippen molar-refractivity contribution < 1.29 is 14.2 Å². The fourth-order valence-corrected chi connectivity index (χ4v) is 7.25. The van der Waals surface area contributed by atoms with Crippen molar-refractivity contribution in [2.24, 2.45) is 7.05 Å². The number of pyridine rings is 1. The average molecular weight is 754 g/mol. The van der Waals surface area contributed by atoms with E-state index in [-0.39, 0.29) is 6.61 Å². The number of hydrogen-bond acceptors (Lipinski definition) is 8. The quantitative estimate of drug-likeness (QED) is 0.0924. The van der Waals surface area contributed by atoms with Gasteiger partial charge in [0.25, 0.3) is 0 Å². The van der Waals surface area contributed by atoms with Crippen molar-refractivity contribution in [3.63, 3.8) is 0 Å². The molecule has 11 heteroatoms. The van der Waals surface area contributed by atoms with E-state index in [1.54, 1.807) is 23.1 Å². The monoisotopic (exact) mass is 752 g/mol. The van der Waals surface area contributed by atoms with Gasteiger partial charge < -0.3 is 19.1 Å². The van der Waals surface area contributed by atoms with Crippen molar-refractivity contribution in [3.05, 3.63) is 122 Å². The summed E-state index contributed by atoms with van der Waals surface area (Å²) >= 11 is 13.3. The zero-order chi connectivity index (χ0) is 37.3. The molecule has 6 rings (SSSR count). The number of nitriles is 1. The molecule has 1 aliphatic heterocycles. The van der Waals surface area contributed by atoms with Gasteiger partial charge in [-0.25, -0.2) is 0 Å². The lowest BCUT2D eigenvalue weighted by Gasteiger charge is -2.21. The first-order chi connectivity index (χ1) is 25.7. The zero-order valence-corrected chi connectivity index (χ0v) is 32.4. The number of hydrogen-bond donors (Lipinski definition) is 0. The molecule has 0 radical (unpaired) electrons. The van der Waals surface area contributed by atoms with E-state index < -0.39 is 0 Å². The third kappa shape index (κ3) is 9.89. The standard InChI is InChI=1S/C42H46Cl2N6O3/c1-29-33(10-7-11-35(29)36-12-8-13-40(30(36)2)51-17-9-16-50-14-5-6-15-50)28-53-42-20-41(52-27-32-18-31(21-45)22-46-23-32)34(19-37(42)43)24-48(3)26-39-38(44)25-49(4)47-39/h7-8,10-13,18-20,22-23,25H,5-6,9,14-17,24,26-28H2,1-4H3. The van der Waals surface area contributed by atoms with Crippen LogP contribution < -0.4 is 14.2 Å². The van der Waals surface area contributed by atoms with E-state index in [1.807, 2.05) is 26.2 Å². The molecule has 0 unspecified atom stereocenters. The SMILES string of the molecule is Cc1c(COc2cc(OCc3cncc(C#N)c3)c(CN(C)Cc3nn(C)cc3Cl)cc2Cl)cccc1-c1cccc(OCCCN2CCCC2)c1C. The molecule has 0 atom stereocenters. The highest BCUT2D eigenvalue weighted by molar-refractivity contribution is 6.32. The Balaban J connectivity index is 1.18. The van der Waals surface area contributed by atoms with Gasteiger partial charge in [-0.1, -0.05) is 53.5 Å². The Morgan fingerprint density at radius 2 is 1.58 bits per heavy atom. The number of aryl methyl sites for hydroxylation is 1. The summed E-state index contributed by atoms with van der Waals surface area (Å²) in [4.78, 5) is 8.80. The second kappa shape index (κ2) is 18.0. The van der Waals surface area contributed by atoms with Crippen LogP contribution in [0.15, 0.2) is 73.2 Å². The Morgan fingerprint density at radius 3 is 2.34 bits per heavy atom. The number of benzene rings is 3. The lowest BCUT2D eigenvalue weighted by atomic mass is 9.93. The van der Waals surface area contributed by atoms with Crippen LogP contribution in [-0.4, -0.2) is 57.9 Å². The summed E-state index contributed by atoms with van der Waals surface area (Å²) in [6, 6.07) is 20.2. The topological polar surface area (TPSA) is 88.7 Å². The molecule has 276 valence electrons. The summed E-state index contributed by atoms with van der Waals surface area (Å²) in [6.07, 6.45) is 8.64. The van der Waals surface area contributed by atoms with Crippen LogP contribution in [0.5, 0.6) is 17.2 Å². The van der Waals surface area contributed by atoms with Crippen molar-refractivity contribution >= 4 is 23.2 Å². The largest absolute Gasteiger partial charge is 0.493 e. The molecule has 0 bridgehead atoms. The number of likely N-dealkylation sites (tertiary alicyclic amines) is 1. The number of rotatable bonds is 16. The number of halogens is 2. The van der Waals surface area contributed by atoms with Crippen molar-refractivity contribution in [2.75, 3.05) is 33.3 Å². The van der Waals surface area contributed by atoms with E-state index in [2.05, 4.69) is 76.2 Å². The predicted octanol–water partition coefficient (Wildman–Crippen LogP) is 8.93. The van der Waals surface area contributed by atoms with Gasteiger partial charge >= 0.3 is 0 Å². The highest BCUT2D eigenvalue weighted by atomic mass is 35.5. The molecule has 53 heavy (non-hydrogen) atoms. The van der Waals surface area contributed by atoms with Gasteiger partial charge in [-0.15, -0.1) is 0 Å². The van der Waals surface area contributed by atoms with Crippen LogP contribution in [0, 0.1) is 25.2 Å². The van der Waals surface area contributed by atoms with E-state index in [1.165, 1.54) is 32.1 Å². The third-order valence-corrected chi connectivity index (χ3v) is 10.2. The molecule has 1 aliphatic rings. The minimum atomic E-state index is 0.216. The molecular formula is C42H46Cl2N6O3. The first-order valence-electron chi connectivity index (χ1n) is 18.0. The Labute approximate surface area is 322 Å². The molecular weight excluding hydrogens is 707 g/mol. The van der Waals surface area contributed by atoms with E-state index >= 15 is 0 Å². The molecule has 9 nitrogen and oxygen atoms in total. The van der Waals surface area contributed by atoms with Crippen molar-refractivity contribution in [1.82, 2.24) is 24.6 Å². The molecule has 3 heterocycles. The maximum Gasteiger partial charge on any atom is 0.142 e. The lowest BCUT2D eigenvalue weighted by Crippen LogP contribution is -2.22. The number of nitrogens with zero attached hydrogens (tertiary/aromatic N) is 6. The molecule has 1 fully saturated rings. The molecule has 1 saturated heterocycles. The van der Waals surface area contributed by atoms with Crippen molar-refractivity contribution in [2.45, 2.75) is 59.4 Å². The van der Waals surface area contributed by atoms with Gasteiger partial charge in [0.2, 0.25) is 0 Å². The van der Waals surface area contributed by atoms with Crippen LogP contribution in [0.4, 0.5) is 0 Å². The zero-order valence-electron chi connectivity index (χ0n) is 30.9. The predicted molar refractivity (Wildman–Crippen MR) is 210 cm³/mol. The van der Waals surface area contributed by atoms with Crippen molar-refractivity contribution in [1.29, 1.82) is 5.26 Å². The smallest absolute Gasteiger partial charge is 0.142 e. The molecule has 0 N–H and O–H groups in total. The van der Waals surface area contributed by atoms with E-state index in [4.69, 9.17) is 37.4 Å². The number of ether oxygens (including phenoxy) is 3. The summed E-state index contributed by atoms with van der Waals surface area (Å²) < 4.78 is 20.8. The average Bonchev–Trinajstić information content (AvgIpc) is 3.78. The lowest BCUT2D eigenvalue weighted by molar-refractivity contribution is 0.262. The summed E-state index contributed by atoms with van der Waals surface area (Å²) in [5.74, 6) is 2.05. The molecule has 0 saturated carbocycles. The fourth-order valence-electron chi connectivity index (χ4n) is 6.77. The van der Waals surface area contributed by atoms with Crippen LogP contribution in [0.1, 0.15) is 58.3 Å². The fraction of sp³-hybridized carbons (Fsp3) is 0.357. The second-order valence-corrected chi connectivity index (χ2v) is 14.5.